The number of aromatic nitrogens is 1. The number of halogens is 1. The molecule has 0 fully saturated rings. The van der Waals surface area contributed by atoms with Gasteiger partial charge in [0.15, 0.2) is 17.2 Å². The molecule has 2 atom stereocenters. The number of nitrogens with one attached hydrogen (secondary N) is 1. The second-order valence-electron chi connectivity index (χ2n) is 8.02. The van der Waals surface area contributed by atoms with Crippen molar-refractivity contribution in [1.82, 2.24) is 10.3 Å². The van der Waals surface area contributed by atoms with Gasteiger partial charge in [0, 0.05) is 25.6 Å². The lowest BCUT2D eigenvalue weighted by Crippen LogP contribution is -2.41. The van der Waals surface area contributed by atoms with Gasteiger partial charge in [0.2, 0.25) is 6.79 Å². The number of benzene rings is 2. The van der Waals surface area contributed by atoms with E-state index in [1.54, 1.807) is 25.1 Å². The van der Waals surface area contributed by atoms with Crippen LogP contribution in [0.5, 0.6) is 11.5 Å². The highest BCUT2D eigenvalue weighted by atomic mass is 19.1. The minimum absolute atomic E-state index is 0.0123. The van der Waals surface area contributed by atoms with Gasteiger partial charge in [-0.25, -0.2) is 14.2 Å². The van der Waals surface area contributed by atoms with Gasteiger partial charge in [-0.2, -0.15) is 0 Å². The van der Waals surface area contributed by atoms with Crippen molar-refractivity contribution in [3.05, 3.63) is 90.0 Å². The molecule has 3 aromatic rings. The summed E-state index contributed by atoms with van der Waals surface area (Å²) in [7, 11) is 1.39. The van der Waals surface area contributed by atoms with Crippen LogP contribution in [0.4, 0.5) is 4.39 Å². The Morgan fingerprint density at radius 2 is 1.61 bits per heavy atom. The third-order valence-corrected chi connectivity index (χ3v) is 4.89. The van der Waals surface area contributed by atoms with Crippen LogP contribution in [0.2, 0.25) is 0 Å². The molecule has 1 unspecified atom stereocenters. The molecule has 0 radical (unpaired) electrons. The van der Waals surface area contributed by atoms with Crippen LogP contribution in [-0.2, 0) is 25.5 Å². The van der Waals surface area contributed by atoms with E-state index in [2.05, 4.69) is 10.3 Å². The lowest BCUT2D eigenvalue weighted by Gasteiger charge is -2.19. The Labute approximate surface area is 220 Å². The van der Waals surface area contributed by atoms with Crippen molar-refractivity contribution >= 4 is 17.8 Å². The smallest absolute Gasteiger partial charge is 0.328 e. The first kappa shape index (κ1) is 29.8. The SMILES string of the molecule is COc1ccnc(C(=O)N[C@@H](C)C(=O)OC(C)Cc2ccccc2)c1OCOC(C)=O.Fc1ccccc1. The van der Waals surface area contributed by atoms with Crippen LogP contribution in [0.1, 0.15) is 36.8 Å². The van der Waals surface area contributed by atoms with E-state index in [4.69, 9.17) is 18.9 Å². The number of rotatable bonds is 10. The number of nitrogens with zero attached hydrogens (tertiary/aromatic N) is 1. The Bertz CT molecular complexity index is 1180. The number of esters is 2. The molecule has 0 aliphatic carbocycles. The number of pyridine rings is 1. The zero-order chi connectivity index (χ0) is 27.9. The van der Waals surface area contributed by atoms with Crippen LogP contribution in [0, 0.1) is 5.82 Å². The Morgan fingerprint density at radius 3 is 2.16 bits per heavy atom. The van der Waals surface area contributed by atoms with Crippen LogP contribution in [0.3, 0.4) is 0 Å². The third-order valence-electron chi connectivity index (χ3n) is 4.89. The lowest BCUT2D eigenvalue weighted by atomic mass is 10.1. The lowest BCUT2D eigenvalue weighted by molar-refractivity contribution is -0.150. The minimum Gasteiger partial charge on any atom is -0.493 e. The molecule has 1 aromatic heterocycles. The van der Waals surface area contributed by atoms with Gasteiger partial charge in [-0.15, -0.1) is 0 Å². The summed E-state index contributed by atoms with van der Waals surface area (Å²) in [5.41, 5.74) is 0.915. The molecule has 0 spiro atoms. The summed E-state index contributed by atoms with van der Waals surface area (Å²) in [6.07, 6.45) is 1.54. The molecule has 10 heteroatoms. The molecule has 9 nitrogen and oxygen atoms in total. The number of hydrogen-bond donors (Lipinski definition) is 1. The molecule has 0 aliphatic heterocycles. The maximum absolute atomic E-state index is 12.7. The number of ether oxygens (including phenoxy) is 4. The second kappa shape index (κ2) is 15.6. The van der Waals surface area contributed by atoms with Crippen LogP contribution >= 0.6 is 0 Å². The van der Waals surface area contributed by atoms with Crippen molar-refractivity contribution in [3.63, 3.8) is 0 Å². The Morgan fingerprint density at radius 1 is 0.974 bits per heavy atom. The number of amides is 1. The second-order valence-corrected chi connectivity index (χ2v) is 8.02. The summed E-state index contributed by atoms with van der Waals surface area (Å²) < 4.78 is 32.6. The van der Waals surface area contributed by atoms with Crippen molar-refractivity contribution in [2.45, 2.75) is 39.3 Å². The molecule has 202 valence electrons. The molecule has 3 rings (SSSR count). The zero-order valence-electron chi connectivity index (χ0n) is 21.7. The predicted octanol–water partition coefficient (Wildman–Crippen LogP) is 4.11. The molecule has 38 heavy (non-hydrogen) atoms. The molecule has 1 amide bonds. The van der Waals surface area contributed by atoms with E-state index in [1.165, 1.54) is 45.4 Å². The molecular weight excluding hydrogens is 495 g/mol. The highest BCUT2D eigenvalue weighted by Gasteiger charge is 2.25. The van der Waals surface area contributed by atoms with Gasteiger partial charge in [0.1, 0.15) is 18.0 Å². The van der Waals surface area contributed by atoms with E-state index in [1.807, 2.05) is 30.3 Å². The number of carbonyl (C=O) groups is 3. The fraction of sp³-hybridized carbons (Fsp3) is 0.286. The van der Waals surface area contributed by atoms with Crippen molar-refractivity contribution in [2.75, 3.05) is 13.9 Å². The highest BCUT2D eigenvalue weighted by molar-refractivity contribution is 5.98. The Kier molecular flexibility index (Phi) is 12.2. The fourth-order valence-corrected chi connectivity index (χ4v) is 3.09. The maximum Gasteiger partial charge on any atom is 0.328 e. The van der Waals surface area contributed by atoms with Gasteiger partial charge in [-0.1, -0.05) is 48.5 Å². The Balaban J connectivity index is 0.000000624. The summed E-state index contributed by atoms with van der Waals surface area (Å²) in [5, 5.41) is 2.54. The number of methoxy groups -OCH3 is 1. The van der Waals surface area contributed by atoms with E-state index in [0.29, 0.717) is 6.42 Å². The maximum atomic E-state index is 12.7. The average molecular weight is 527 g/mol. The summed E-state index contributed by atoms with van der Waals surface area (Å²) >= 11 is 0. The van der Waals surface area contributed by atoms with E-state index in [-0.39, 0.29) is 29.1 Å². The van der Waals surface area contributed by atoms with Gasteiger partial charge in [-0.05, 0) is 31.5 Å². The van der Waals surface area contributed by atoms with Gasteiger partial charge in [-0.3, -0.25) is 9.59 Å². The standard InChI is InChI=1S/C22H26N2O7.C6H5F/c1-14(12-17-8-6-5-7-9-17)31-22(27)15(2)24-21(26)19-20(30-13-29-16(3)25)18(28-4)10-11-23-19;7-6-4-2-1-3-5-6/h5-11,14-15H,12-13H2,1-4H3,(H,24,26);1-5H/t14?,15-;/m0./s1. The molecule has 2 aromatic carbocycles. The fourth-order valence-electron chi connectivity index (χ4n) is 3.09. The zero-order valence-corrected chi connectivity index (χ0v) is 21.7. The monoisotopic (exact) mass is 526 g/mol. The van der Waals surface area contributed by atoms with Crippen molar-refractivity contribution < 1.29 is 37.7 Å². The minimum atomic E-state index is -0.931. The van der Waals surface area contributed by atoms with Crippen molar-refractivity contribution in [3.8, 4) is 11.5 Å². The van der Waals surface area contributed by atoms with Gasteiger partial charge in [0.05, 0.1) is 7.11 Å². The van der Waals surface area contributed by atoms with Crippen LogP contribution in [0.25, 0.3) is 0 Å². The topological polar surface area (TPSA) is 113 Å². The molecule has 1 N–H and O–H groups in total. The average Bonchev–Trinajstić information content (AvgIpc) is 2.89. The van der Waals surface area contributed by atoms with E-state index in [0.717, 1.165) is 5.56 Å². The molecule has 1 heterocycles. The van der Waals surface area contributed by atoms with Crippen molar-refractivity contribution in [1.29, 1.82) is 0 Å². The van der Waals surface area contributed by atoms with Crippen molar-refractivity contribution in [2.24, 2.45) is 0 Å². The van der Waals surface area contributed by atoms with Gasteiger partial charge in [0.25, 0.3) is 5.91 Å². The molecule has 0 aliphatic rings. The normalized spacial score (nSPS) is 11.6. The van der Waals surface area contributed by atoms with E-state index in [9.17, 15) is 18.8 Å². The van der Waals surface area contributed by atoms with Gasteiger partial charge < -0.3 is 24.3 Å². The summed E-state index contributed by atoms with van der Waals surface area (Å²) in [4.78, 5) is 40.0. The van der Waals surface area contributed by atoms with Crippen LogP contribution < -0.4 is 14.8 Å². The molecule has 0 saturated heterocycles. The summed E-state index contributed by atoms with van der Waals surface area (Å²) in [5.74, 6) is -1.77. The number of carbonyl (C=O) groups excluding carboxylic acids is 3. The molecule has 0 bridgehead atoms. The summed E-state index contributed by atoms with van der Waals surface area (Å²) in [6, 6.07) is 18.1. The summed E-state index contributed by atoms with van der Waals surface area (Å²) in [6.45, 7) is 4.09. The largest absolute Gasteiger partial charge is 0.493 e. The van der Waals surface area contributed by atoms with Gasteiger partial charge >= 0.3 is 11.9 Å². The van der Waals surface area contributed by atoms with Crippen LogP contribution in [0.15, 0.2) is 72.9 Å². The first-order chi connectivity index (χ1) is 18.2. The van der Waals surface area contributed by atoms with E-state index >= 15 is 0 Å². The van der Waals surface area contributed by atoms with E-state index < -0.39 is 30.7 Å². The molecule has 0 saturated carbocycles. The molecular formula is C28H31FN2O7. The first-order valence-corrected chi connectivity index (χ1v) is 11.8. The predicted molar refractivity (Wildman–Crippen MR) is 137 cm³/mol. The number of hydrogen-bond acceptors (Lipinski definition) is 8. The van der Waals surface area contributed by atoms with Crippen LogP contribution in [-0.4, -0.2) is 48.9 Å². The third kappa shape index (κ3) is 10.3. The highest BCUT2D eigenvalue weighted by Crippen LogP contribution is 2.29. The quantitative estimate of drug-likeness (QED) is 0.310. The first-order valence-electron chi connectivity index (χ1n) is 11.8. The Hall–Kier alpha value is -4.47.